The Hall–Kier alpha value is -0.650. The Morgan fingerprint density at radius 2 is 2.14 bits per heavy atom. The summed E-state index contributed by atoms with van der Waals surface area (Å²) >= 11 is 3.55. The summed E-state index contributed by atoms with van der Waals surface area (Å²) in [5, 5.41) is 3.43. The molecule has 0 saturated carbocycles. The molecule has 116 valence electrons. The van der Waals surface area contributed by atoms with E-state index in [1.807, 2.05) is 6.20 Å². The number of hydrogen-bond acceptors (Lipinski definition) is 4. The van der Waals surface area contributed by atoms with E-state index in [1.54, 1.807) is 0 Å². The smallest absolute Gasteiger partial charge is 0.133 e. The van der Waals surface area contributed by atoms with E-state index < -0.39 is 0 Å². The lowest BCUT2D eigenvalue weighted by molar-refractivity contribution is 0.254. The van der Waals surface area contributed by atoms with Crippen molar-refractivity contribution in [2.75, 3.05) is 31.6 Å². The van der Waals surface area contributed by atoms with Crippen molar-refractivity contribution in [1.29, 1.82) is 0 Å². The van der Waals surface area contributed by atoms with Gasteiger partial charge >= 0.3 is 0 Å². The summed E-state index contributed by atoms with van der Waals surface area (Å²) < 4.78 is 1.06. The van der Waals surface area contributed by atoms with Gasteiger partial charge in [-0.1, -0.05) is 6.92 Å². The van der Waals surface area contributed by atoms with Crippen LogP contribution in [-0.2, 0) is 6.54 Å². The third kappa shape index (κ3) is 3.25. The van der Waals surface area contributed by atoms with Gasteiger partial charge in [-0.05, 0) is 54.9 Å². The first-order valence-electron chi connectivity index (χ1n) is 8.01. The first-order chi connectivity index (χ1) is 10.2. The Bertz CT molecular complexity index is 493. The lowest BCUT2D eigenvalue weighted by Gasteiger charge is -2.28. The van der Waals surface area contributed by atoms with Gasteiger partial charge in [0.2, 0.25) is 0 Å². The minimum atomic E-state index is 0.690. The normalized spacial score (nSPS) is 26.1. The summed E-state index contributed by atoms with van der Waals surface area (Å²) in [5.74, 6) is 1.17. The predicted molar refractivity (Wildman–Crippen MR) is 90.7 cm³/mol. The lowest BCUT2D eigenvalue weighted by atomic mass is 10.1. The van der Waals surface area contributed by atoms with Gasteiger partial charge in [0.25, 0.3) is 0 Å². The number of aromatic nitrogens is 1. The molecular weight excluding hydrogens is 328 g/mol. The minimum absolute atomic E-state index is 0.690. The first-order valence-corrected chi connectivity index (χ1v) is 8.80. The average molecular weight is 353 g/mol. The average Bonchev–Trinajstić information content (AvgIpc) is 2.71. The zero-order valence-corrected chi connectivity index (χ0v) is 14.6. The maximum absolute atomic E-state index is 4.73. The molecule has 1 N–H and O–H groups in total. The Kier molecular flexibility index (Phi) is 4.82. The standard InChI is InChI=1S/C16H25BrN4/c1-3-18-9-12-8-13(17)10-19-16(12)21-7-6-14-4-5-15(11-21)20(14)2/h8,10,14-15,18H,3-7,9,11H2,1-2H3. The van der Waals surface area contributed by atoms with Crippen LogP contribution in [0.1, 0.15) is 31.7 Å². The van der Waals surface area contributed by atoms with Crippen LogP contribution in [0, 0.1) is 0 Å². The Balaban J connectivity index is 1.82. The van der Waals surface area contributed by atoms with Crippen molar-refractivity contribution in [1.82, 2.24) is 15.2 Å². The fourth-order valence-electron chi connectivity index (χ4n) is 3.65. The fraction of sp³-hybridized carbons (Fsp3) is 0.688. The molecule has 1 aromatic heterocycles. The largest absolute Gasteiger partial charge is 0.355 e. The fourth-order valence-corrected chi connectivity index (χ4v) is 4.03. The molecule has 3 heterocycles. The summed E-state index contributed by atoms with van der Waals surface area (Å²) in [4.78, 5) is 9.81. The lowest BCUT2D eigenvalue weighted by Crippen LogP contribution is -2.37. The number of pyridine rings is 1. The van der Waals surface area contributed by atoms with E-state index in [2.05, 4.69) is 51.1 Å². The highest BCUT2D eigenvalue weighted by molar-refractivity contribution is 9.10. The summed E-state index contributed by atoms with van der Waals surface area (Å²) in [6.45, 7) is 6.25. The van der Waals surface area contributed by atoms with Gasteiger partial charge in [0.15, 0.2) is 0 Å². The Morgan fingerprint density at radius 1 is 1.33 bits per heavy atom. The summed E-state index contributed by atoms with van der Waals surface area (Å²) in [6, 6.07) is 3.67. The van der Waals surface area contributed by atoms with Gasteiger partial charge < -0.3 is 10.2 Å². The van der Waals surface area contributed by atoms with E-state index in [0.717, 1.165) is 36.7 Å². The van der Waals surface area contributed by atoms with Gasteiger partial charge in [0.1, 0.15) is 5.82 Å². The summed E-state index contributed by atoms with van der Waals surface area (Å²) in [7, 11) is 2.29. The van der Waals surface area contributed by atoms with Crippen LogP contribution in [0.15, 0.2) is 16.7 Å². The number of hydrogen-bond donors (Lipinski definition) is 1. The molecular formula is C16H25BrN4. The van der Waals surface area contributed by atoms with Crippen molar-refractivity contribution in [2.24, 2.45) is 0 Å². The molecule has 4 nitrogen and oxygen atoms in total. The van der Waals surface area contributed by atoms with Crippen LogP contribution in [-0.4, -0.2) is 48.6 Å². The summed E-state index contributed by atoms with van der Waals surface area (Å²) in [5.41, 5.74) is 1.30. The molecule has 0 aliphatic carbocycles. The highest BCUT2D eigenvalue weighted by Gasteiger charge is 2.35. The second-order valence-electron chi connectivity index (χ2n) is 6.20. The Morgan fingerprint density at radius 3 is 2.95 bits per heavy atom. The number of nitrogens with zero attached hydrogens (tertiary/aromatic N) is 3. The molecule has 2 fully saturated rings. The number of fused-ring (bicyclic) bond motifs is 2. The monoisotopic (exact) mass is 352 g/mol. The third-order valence-corrected chi connectivity index (χ3v) is 5.36. The molecule has 0 radical (unpaired) electrons. The SMILES string of the molecule is CCNCc1cc(Br)cnc1N1CCC2CCC(C1)N2C. The van der Waals surface area contributed by atoms with Crippen molar-refractivity contribution >= 4 is 21.7 Å². The molecule has 2 saturated heterocycles. The Labute approximate surface area is 136 Å². The van der Waals surface area contributed by atoms with Gasteiger partial charge in [0, 0.05) is 48.0 Å². The number of halogens is 1. The molecule has 2 aliphatic rings. The highest BCUT2D eigenvalue weighted by atomic mass is 79.9. The van der Waals surface area contributed by atoms with Crippen LogP contribution in [0.4, 0.5) is 5.82 Å². The zero-order valence-electron chi connectivity index (χ0n) is 13.0. The van der Waals surface area contributed by atoms with Gasteiger partial charge in [-0.3, -0.25) is 4.90 Å². The van der Waals surface area contributed by atoms with Crippen LogP contribution < -0.4 is 10.2 Å². The number of nitrogens with one attached hydrogen (secondary N) is 1. The second-order valence-corrected chi connectivity index (χ2v) is 7.12. The predicted octanol–water partition coefficient (Wildman–Crippen LogP) is 2.63. The molecule has 0 aromatic carbocycles. The second kappa shape index (κ2) is 6.63. The third-order valence-electron chi connectivity index (χ3n) is 4.92. The van der Waals surface area contributed by atoms with Gasteiger partial charge in [0.05, 0.1) is 0 Å². The molecule has 2 unspecified atom stereocenters. The van der Waals surface area contributed by atoms with E-state index in [-0.39, 0.29) is 0 Å². The molecule has 2 bridgehead atoms. The van der Waals surface area contributed by atoms with Crippen molar-refractivity contribution in [3.63, 3.8) is 0 Å². The molecule has 5 heteroatoms. The number of likely N-dealkylation sites (N-methyl/N-ethyl adjacent to an activating group) is 1. The van der Waals surface area contributed by atoms with Crippen LogP contribution in [0.2, 0.25) is 0 Å². The molecule has 2 atom stereocenters. The molecule has 3 rings (SSSR count). The number of rotatable bonds is 4. The van der Waals surface area contributed by atoms with E-state index in [1.165, 1.54) is 30.6 Å². The molecule has 2 aliphatic heterocycles. The van der Waals surface area contributed by atoms with Crippen molar-refractivity contribution in [3.8, 4) is 0 Å². The number of anilines is 1. The zero-order chi connectivity index (χ0) is 14.8. The van der Waals surface area contributed by atoms with E-state index in [0.29, 0.717) is 6.04 Å². The van der Waals surface area contributed by atoms with Crippen molar-refractivity contribution < 1.29 is 0 Å². The maximum Gasteiger partial charge on any atom is 0.133 e. The highest BCUT2D eigenvalue weighted by Crippen LogP contribution is 2.31. The van der Waals surface area contributed by atoms with Crippen molar-refractivity contribution in [2.45, 2.75) is 44.8 Å². The van der Waals surface area contributed by atoms with Crippen LogP contribution in [0.5, 0.6) is 0 Å². The molecule has 0 spiro atoms. The quantitative estimate of drug-likeness (QED) is 0.902. The van der Waals surface area contributed by atoms with Gasteiger partial charge in [-0.15, -0.1) is 0 Å². The molecule has 1 aromatic rings. The van der Waals surface area contributed by atoms with Crippen molar-refractivity contribution in [3.05, 3.63) is 22.3 Å². The van der Waals surface area contributed by atoms with Crippen LogP contribution in [0.25, 0.3) is 0 Å². The van der Waals surface area contributed by atoms with E-state index in [4.69, 9.17) is 4.98 Å². The van der Waals surface area contributed by atoms with Crippen LogP contribution in [0.3, 0.4) is 0 Å². The van der Waals surface area contributed by atoms with Gasteiger partial charge in [-0.25, -0.2) is 4.98 Å². The molecule has 0 amide bonds. The van der Waals surface area contributed by atoms with E-state index in [9.17, 15) is 0 Å². The molecule has 21 heavy (non-hydrogen) atoms. The van der Waals surface area contributed by atoms with E-state index >= 15 is 0 Å². The minimum Gasteiger partial charge on any atom is -0.355 e. The topological polar surface area (TPSA) is 31.4 Å². The maximum atomic E-state index is 4.73. The van der Waals surface area contributed by atoms with Gasteiger partial charge in [-0.2, -0.15) is 0 Å². The summed E-state index contributed by atoms with van der Waals surface area (Å²) in [6.07, 6.45) is 5.88. The van der Waals surface area contributed by atoms with Crippen LogP contribution >= 0.6 is 15.9 Å². The first kappa shape index (κ1) is 15.3.